The summed E-state index contributed by atoms with van der Waals surface area (Å²) >= 11 is 0. The van der Waals surface area contributed by atoms with Gasteiger partial charge in [-0.25, -0.2) is 10.0 Å². The lowest BCUT2D eigenvalue weighted by Gasteiger charge is -2.04. The molecule has 0 aromatic carbocycles. The first-order chi connectivity index (χ1) is 6.89. The van der Waals surface area contributed by atoms with E-state index in [2.05, 4.69) is 20.3 Å². The maximum Gasteiger partial charge on any atom is 0.491 e. The van der Waals surface area contributed by atoms with Gasteiger partial charge in [0, 0.05) is 0 Å². The van der Waals surface area contributed by atoms with Gasteiger partial charge in [-0.2, -0.15) is 4.62 Å². The zero-order chi connectivity index (χ0) is 11.9. The summed E-state index contributed by atoms with van der Waals surface area (Å²) < 4.78 is 18.2. The van der Waals surface area contributed by atoms with Gasteiger partial charge in [0.15, 0.2) is 0 Å². The standard InChI is InChI=1S/C3H6O2.CH7N4O4P/c4-1-3-2-5-3;2-1(4-3)5-9-10(6,7)8/h3-4H,1-2H2;3H2,(H3,2,4,5)(H2,6,7,8). The molecule has 0 spiro atoms. The normalized spacial score (nSPS) is 20.2. The lowest BCUT2D eigenvalue weighted by atomic mass is 10.5. The summed E-state index contributed by atoms with van der Waals surface area (Å²) in [5.41, 5.74) is 6.44. The number of nitrogens with one attached hydrogen (secondary N) is 1. The van der Waals surface area contributed by atoms with Crippen LogP contribution in [-0.2, 0) is 13.9 Å². The van der Waals surface area contributed by atoms with Crippen LogP contribution in [0.15, 0.2) is 5.10 Å². The van der Waals surface area contributed by atoms with Crippen LogP contribution in [0.2, 0.25) is 0 Å². The average Bonchev–Trinajstić information content (AvgIpc) is 2.97. The molecule has 8 N–H and O–H groups in total. The molecule has 1 aliphatic rings. The van der Waals surface area contributed by atoms with Crippen molar-refractivity contribution in [1.82, 2.24) is 5.48 Å². The number of ether oxygens (including phenoxy) is 1. The second-order valence-electron chi connectivity index (χ2n) is 2.34. The number of aliphatic hydroxyl groups excluding tert-OH is 1. The van der Waals surface area contributed by atoms with Crippen LogP contribution in [0.1, 0.15) is 0 Å². The highest BCUT2D eigenvalue weighted by molar-refractivity contribution is 7.46. The molecule has 0 aromatic heterocycles. The van der Waals surface area contributed by atoms with Crippen LogP contribution in [0.4, 0.5) is 0 Å². The summed E-state index contributed by atoms with van der Waals surface area (Å²) in [6.07, 6.45) is 0.190. The van der Waals surface area contributed by atoms with Gasteiger partial charge in [-0.1, -0.05) is 0 Å². The lowest BCUT2D eigenvalue weighted by Crippen LogP contribution is -2.31. The topological polar surface area (TPSA) is 176 Å². The lowest BCUT2D eigenvalue weighted by molar-refractivity contribution is 0.163. The maximum absolute atomic E-state index is 9.91. The predicted molar refractivity (Wildman–Crippen MR) is 48.9 cm³/mol. The zero-order valence-electron chi connectivity index (χ0n) is 7.61. The number of nitrogens with two attached hydrogens (primary N) is 2. The smallest absolute Gasteiger partial charge is 0.394 e. The van der Waals surface area contributed by atoms with E-state index in [0.29, 0.717) is 0 Å². The van der Waals surface area contributed by atoms with Gasteiger partial charge in [0.25, 0.3) is 0 Å². The Morgan fingerprint density at radius 3 is 2.47 bits per heavy atom. The summed E-state index contributed by atoms with van der Waals surface area (Å²) in [7, 11) is -4.56. The van der Waals surface area contributed by atoms with Crippen molar-refractivity contribution in [2.75, 3.05) is 13.2 Å². The predicted octanol–water partition coefficient (Wildman–Crippen LogP) is -2.83. The first kappa shape index (κ1) is 14.1. The van der Waals surface area contributed by atoms with Gasteiger partial charge in [-0.15, -0.1) is 5.10 Å². The number of rotatable bonds is 3. The molecule has 1 atom stereocenters. The van der Waals surface area contributed by atoms with E-state index in [4.69, 9.17) is 20.6 Å². The van der Waals surface area contributed by atoms with Crippen LogP contribution in [0.25, 0.3) is 0 Å². The minimum Gasteiger partial charge on any atom is -0.394 e. The maximum atomic E-state index is 9.91. The van der Waals surface area contributed by atoms with Crippen LogP contribution >= 0.6 is 7.82 Å². The molecule has 0 aliphatic carbocycles. The molecule has 1 saturated heterocycles. The molecule has 1 rings (SSSR count). The third kappa shape index (κ3) is 11.0. The second-order valence-corrected chi connectivity index (χ2v) is 3.50. The van der Waals surface area contributed by atoms with Crippen molar-refractivity contribution in [2.45, 2.75) is 6.10 Å². The molecule has 15 heavy (non-hydrogen) atoms. The Kier molecular flexibility index (Phi) is 6.17. The van der Waals surface area contributed by atoms with Crippen molar-refractivity contribution < 1.29 is 28.8 Å². The van der Waals surface area contributed by atoms with Crippen LogP contribution in [0.3, 0.4) is 0 Å². The molecule has 0 saturated carbocycles. The number of guanidine groups is 1. The van der Waals surface area contributed by atoms with E-state index < -0.39 is 13.8 Å². The second kappa shape index (κ2) is 6.56. The van der Waals surface area contributed by atoms with E-state index >= 15 is 0 Å². The zero-order valence-corrected chi connectivity index (χ0v) is 8.50. The third-order valence-corrected chi connectivity index (χ3v) is 1.34. The molecule has 11 heteroatoms. The number of hydroxylamine groups is 1. The Hall–Kier alpha value is -0.900. The van der Waals surface area contributed by atoms with Crippen LogP contribution in [0, 0.1) is 0 Å². The molecule has 1 fully saturated rings. The number of epoxide rings is 1. The van der Waals surface area contributed by atoms with Crippen molar-refractivity contribution in [2.24, 2.45) is 16.7 Å². The fourth-order valence-electron chi connectivity index (χ4n) is 0.306. The fraction of sp³-hybridized carbons (Fsp3) is 0.750. The molecule has 0 bridgehead atoms. The number of phosphoric acid groups is 1. The molecule has 1 unspecified atom stereocenters. The van der Waals surface area contributed by atoms with Gasteiger partial charge in [-0.05, 0) is 0 Å². The van der Waals surface area contributed by atoms with Crippen molar-refractivity contribution in [3.05, 3.63) is 0 Å². The number of nitrogens with zero attached hydrogens (tertiary/aromatic N) is 1. The van der Waals surface area contributed by atoms with Crippen LogP contribution in [0.5, 0.6) is 0 Å². The van der Waals surface area contributed by atoms with Crippen LogP contribution in [-0.4, -0.2) is 40.2 Å². The molecule has 1 heterocycles. The number of hydrazone groups is 1. The molecule has 0 aromatic rings. The van der Waals surface area contributed by atoms with Crippen molar-refractivity contribution in [3.8, 4) is 0 Å². The summed E-state index contributed by atoms with van der Waals surface area (Å²) in [5, 5.41) is 10.9. The Labute approximate surface area is 85.0 Å². The van der Waals surface area contributed by atoms with Gasteiger partial charge < -0.3 is 31.2 Å². The summed E-state index contributed by atoms with van der Waals surface area (Å²) in [6.45, 7) is 0.955. The molecule has 0 amide bonds. The highest BCUT2D eigenvalue weighted by Gasteiger charge is 2.19. The number of hydrogen-bond donors (Lipinski definition) is 6. The van der Waals surface area contributed by atoms with E-state index in [-0.39, 0.29) is 12.7 Å². The van der Waals surface area contributed by atoms with Gasteiger partial charge in [-0.3, -0.25) is 0 Å². The summed E-state index contributed by atoms with van der Waals surface area (Å²) in [6, 6.07) is 0. The molecule has 1 aliphatic heterocycles. The monoisotopic (exact) mass is 244 g/mol. The van der Waals surface area contributed by atoms with Crippen molar-refractivity contribution in [3.63, 3.8) is 0 Å². The van der Waals surface area contributed by atoms with Crippen LogP contribution < -0.4 is 17.1 Å². The first-order valence-electron chi connectivity index (χ1n) is 3.65. The third-order valence-electron chi connectivity index (χ3n) is 1.01. The Morgan fingerprint density at radius 2 is 2.27 bits per heavy atom. The van der Waals surface area contributed by atoms with E-state index in [9.17, 15) is 4.57 Å². The van der Waals surface area contributed by atoms with Gasteiger partial charge >= 0.3 is 7.82 Å². The SMILES string of the molecule is NN=C(N)NOP(=O)(O)O.OCC1CO1. The summed E-state index contributed by atoms with van der Waals surface area (Å²) in [5.74, 6) is 4.14. The first-order valence-corrected chi connectivity index (χ1v) is 5.18. The number of aliphatic hydroxyl groups is 1. The minimum atomic E-state index is -4.56. The molecule has 90 valence electrons. The van der Waals surface area contributed by atoms with Crippen molar-refractivity contribution >= 4 is 13.8 Å². The minimum absolute atomic E-state index is 0.190. The van der Waals surface area contributed by atoms with E-state index in [1.54, 1.807) is 5.48 Å². The molecule has 0 radical (unpaired) electrons. The molecular formula is C4H13N4O6P. The number of hydrogen-bond acceptors (Lipinski definition) is 6. The highest BCUT2D eigenvalue weighted by Crippen LogP contribution is 2.33. The van der Waals surface area contributed by atoms with Crippen molar-refractivity contribution in [1.29, 1.82) is 0 Å². The highest BCUT2D eigenvalue weighted by atomic mass is 31.2. The van der Waals surface area contributed by atoms with E-state index in [1.165, 1.54) is 0 Å². The summed E-state index contributed by atoms with van der Waals surface area (Å²) in [4.78, 5) is 16.1. The Morgan fingerprint density at radius 1 is 1.73 bits per heavy atom. The molecule has 10 nitrogen and oxygen atoms in total. The Balaban J connectivity index is 0.000000322. The Bertz CT molecular complexity index is 250. The van der Waals surface area contributed by atoms with Gasteiger partial charge in [0.2, 0.25) is 5.96 Å². The molecular weight excluding hydrogens is 231 g/mol. The average molecular weight is 244 g/mol. The fourth-order valence-corrected chi connectivity index (χ4v) is 0.518. The quantitative estimate of drug-likeness (QED) is 0.0762. The van der Waals surface area contributed by atoms with E-state index in [1.807, 2.05) is 0 Å². The van der Waals surface area contributed by atoms with Gasteiger partial charge in [0.05, 0.1) is 13.2 Å². The van der Waals surface area contributed by atoms with Gasteiger partial charge in [0.1, 0.15) is 6.10 Å². The van der Waals surface area contributed by atoms with E-state index in [0.717, 1.165) is 6.61 Å². The largest absolute Gasteiger partial charge is 0.491 e.